The van der Waals surface area contributed by atoms with Crippen LogP contribution in [0.5, 0.6) is 0 Å². The highest BCUT2D eigenvalue weighted by Crippen LogP contribution is 2.21. The monoisotopic (exact) mass is 276 g/mol. The first-order valence-corrected chi connectivity index (χ1v) is 5.62. The highest BCUT2D eigenvalue weighted by molar-refractivity contribution is 6.28. The topological polar surface area (TPSA) is 110 Å². The summed E-state index contributed by atoms with van der Waals surface area (Å²) in [5.41, 5.74) is -0.226. The normalized spacial score (nSPS) is 10.3. The Morgan fingerprint density at radius 1 is 1.56 bits per heavy atom. The number of ether oxygens (including phenoxy) is 1. The molecule has 2 N–H and O–H groups in total. The highest BCUT2D eigenvalue weighted by atomic mass is 35.5. The minimum absolute atomic E-state index is 0.0274. The first-order valence-electron chi connectivity index (χ1n) is 5.24. The largest absolute Gasteiger partial charge is 0.394 e. The van der Waals surface area contributed by atoms with Gasteiger partial charge in [0.25, 0.3) is 0 Å². The van der Waals surface area contributed by atoms with Gasteiger partial charge in [-0.2, -0.15) is 4.98 Å². The number of rotatable bonds is 8. The smallest absolute Gasteiger partial charge is 0.329 e. The SMILES string of the molecule is O=[N+]([O-])c1cnc(Cl)nc1NCCCOCCO. The van der Waals surface area contributed by atoms with E-state index in [1.165, 1.54) is 0 Å². The molecule has 0 bridgehead atoms. The number of hydrogen-bond acceptors (Lipinski definition) is 7. The Morgan fingerprint density at radius 3 is 3.00 bits per heavy atom. The molecule has 18 heavy (non-hydrogen) atoms. The van der Waals surface area contributed by atoms with Crippen LogP contribution in [0.15, 0.2) is 6.20 Å². The van der Waals surface area contributed by atoms with Crippen molar-refractivity contribution >= 4 is 23.1 Å². The van der Waals surface area contributed by atoms with E-state index in [9.17, 15) is 10.1 Å². The van der Waals surface area contributed by atoms with Crippen LogP contribution >= 0.6 is 11.6 Å². The van der Waals surface area contributed by atoms with Crippen molar-refractivity contribution in [1.82, 2.24) is 9.97 Å². The van der Waals surface area contributed by atoms with Gasteiger partial charge in [-0.15, -0.1) is 0 Å². The van der Waals surface area contributed by atoms with Gasteiger partial charge in [-0.3, -0.25) is 10.1 Å². The summed E-state index contributed by atoms with van der Waals surface area (Å²) in [5.74, 6) is 0.0853. The van der Waals surface area contributed by atoms with Crippen LogP contribution in [-0.2, 0) is 4.74 Å². The van der Waals surface area contributed by atoms with Crippen LogP contribution in [0.4, 0.5) is 11.5 Å². The first-order chi connectivity index (χ1) is 8.65. The van der Waals surface area contributed by atoms with Crippen LogP contribution in [-0.4, -0.2) is 46.4 Å². The van der Waals surface area contributed by atoms with Crippen LogP contribution < -0.4 is 5.32 Å². The molecule has 0 amide bonds. The molecule has 0 aliphatic rings. The molecule has 8 nitrogen and oxygen atoms in total. The molecule has 0 aliphatic heterocycles. The van der Waals surface area contributed by atoms with Crippen LogP contribution in [0.2, 0.25) is 5.28 Å². The predicted molar refractivity (Wildman–Crippen MR) is 64.7 cm³/mol. The minimum atomic E-state index is -0.582. The molecule has 0 atom stereocenters. The number of hydrogen-bond donors (Lipinski definition) is 2. The molecular formula is C9H13ClN4O4. The molecule has 0 aromatic carbocycles. The second kappa shape index (κ2) is 7.75. The van der Waals surface area contributed by atoms with Crippen LogP contribution in [0.3, 0.4) is 0 Å². The Balaban J connectivity index is 2.45. The molecule has 0 unspecified atom stereocenters. The zero-order chi connectivity index (χ0) is 13.4. The van der Waals surface area contributed by atoms with E-state index in [1.54, 1.807) is 0 Å². The zero-order valence-corrected chi connectivity index (χ0v) is 10.3. The third-order valence-corrected chi connectivity index (χ3v) is 2.11. The van der Waals surface area contributed by atoms with Crippen molar-refractivity contribution in [1.29, 1.82) is 0 Å². The summed E-state index contributed by atoms with van der Waals surface area (Å²) in [6.45, 7) is 1.14. The van der Waals surface area contributed by atoms with Crippen molar-refractivity contribution in [2.75, 3.05) is 31.7 Å². The van der Waals surface area contributed by atoms with E-state index in [0.717, 1.165) is 6.20 Å². The lowest BCUT2D eigenvalue weighted by atomic mass is 10.4. The number of aromatic nitrogens is 2. The average Bonchev–Trinajstić information content (AvgIpc) is 2.33. The maximum Gasteiger partial charge on any atom is 0.329 e. The molecule has 0 spiro atoms. The Kier molecular flexibility index (Phi) is 6.26. The standard InChI is InChI=1S/C9H13ClN4O4/c10-9-12-6-7(14(16)17)8(13-9)11-2-1-4-18-5-3-15/h6,15H,1-5H2,(H,11,12,13). The van der Waals surface area contributed by atoms with Crippen LogP contribution in [0.25, 0.3) is 0 Å². The predicted octanol–water partition coefficient (Wildman–Crippen LogP) is 0.849. The lowest BCUT2D eigenvalue weighted by molar-refractivity contribution is -0.384. The van der Waals surface area contributed by atoms with Crippen molar-refractivity contribution < 1.29 is 14.8 Å². The molecule has 0 saturated heterocycles. The van der Waals surface area contributed by atoms with E-state index in [0.29, 0.717) is 19.6 Å². The Bertz CT molecular complexity index is 404. The van der Waals surface area contributed by atoms with Gasteiger partial charge in [0, 0.05) is 13.2 Å². The maximum atomic E-state index is 10.7. The fourth-order valence-electron chi connectivity index (χ4n) is 1.17. The van der Waals surface area contributed by atoms with Gasteiger partial charge in [-0.1, -0.05) is 0 Å². The second-order valence-electron chi connectivity index (χ2n) is 3.25. The number of halogens is 1. The molecule has 1 heterocycles. The van der Waals surface area contributed by atoms with Gasteiger partial charge in [-0.25, -0.2) is 4.98 Å². The molecule has 0 aliphatic carbocycles. The highest BCUT2D eigenvalue weighted by Gasteiger charge is 2.16. The van der Waals surface area contributed by atoms with Crippen molar-refractivity contribution in [3.8, 4) is 0 Å². The summed E-state index contributed by atoms with van der Waals surface area (Å²) < 4.78 is 5.04. The molecule has 0 radical (unpaired) electrons. The van der Waals surface area contributed by atoms with Crippen LogP contribution in [0.1, 0.15) is 6.42 Å². The summed E-state index contributed by atoms with van der Waals surface area (Å²) in [4.78, 5) is 17.4. The van der Waals surface area contributed by atoms with Gasteiger partial charge < -0.3 is 15.2 Å². The lowest BCUT2D eigenvalue weighted by Crippen LogP contribution is -2.10. The fourth-order valence-corrected chi connectivity index (χ4v) is 1.30. The summed E-state index contributed by atoms with van der Waals surface area (Å²) in [6, 6.07) is 0. The number of nitrogens with one attached hydrogen (secondary N) is 1. The van der Waals surface area contributed by atoms with Gasteiger partial charge in [0.2, 0.25) is 11.1 Å². The molecular weight excluding hydrogens is 264 g/mol. The molecule has 0 fully saturated rings. The third-order valence-electron chi connectivity index (χ3n) is 1.93. The van der Waals surface area contributed by atoms with Crippen molar-refractivity contribution in [3.05, 3.63) is 21.6 Å². The summed E-state index contributed by atoms with van der Waals surface area (Å²) in [6.07, 6.45) is 1.68. The maximum absolute atomic E-state index is 10.7. The Morgan fingerprint density at radius 2 is 2.33 bits per heavy atom. The van der Waals surface area contributed by atoms with Gasteiger partial charge in [-0.05, 0) is 18.0 Å². The van der Waals surface area contributed by atoms with Gasteiger partial charge in [0.1, 0.15) is 6.20 Å². The lowest BCUT2D eigenvalue weighted by Gasteiger charge is -2.06. The fraction of sp³-hybridized carbons (Fsp3) is 0.556. The van der Waals surface area contributed by atoms with Gasteiger partial charge in [0.15, 0.2) is 0 Å². The number of nitro groups is 1. The Hall–Kier alpha value is -1.51. The van der Waals surface area contributed by atoms with Crippen LogP contribution in [0, 0.1) is 10.1 Å². The molecule has 0 saturated carbocycles. The van der Waals surface area contributed by atoms with E-state index in [1.807, 2.05) is 0 Å². The Labute approximate surface area is 108 Å². The van der Waals surface area contributed by atoms with E-state index < -0.39 is 4.92 Å². The number of anilines is 1. The summed E-state index contributed by atoms with van der Waals surface area (Å²) >= 11 is 5.57. The van der Waals surface area contributed by atoms with Crippen molar-refractivity contribution in [3.63, 3.8) is 0 Å². The van der Waals surface area contributed by atoms with E-state index in [2.05, 4.69) is 15.3 Å². The molecule has 100 valence electrons. The van der Waals surface area contributed by atoms with Crippen molar-refractivity contribution in [2.45, 2.75) is 6.42 Å². The number of aliphatic hydroxyl groups is 1. The molecule has 9 heteroatoms. The van der Waals surface area contributed by atoms with E-state index in [4.69, 9.17) is 21.4 Å². The van der Waals surface area contributed by atoms with E-state index in [-0.39, 0.29) is 30.0 Å². The summed E-state index contributed by atoms with van der Waals surface area (Å²) in [7, 11) is 0. The number of nitrogens with zero attached hydrogens (tertiary/aromatic N) is 3. The third kappa shape index (κ3) is 4.78. The second-order valence-corrected chi connectivity index (χ2v) is 3.58. The summed E-state index contributed by atoms with van der Waals surface area (Å²) in [5, 5.41) is 21.9. The minimum Gasteiger partial charge on any atom is -0.394 e. The quantitative estimate of drug-likeness (QED) is 0.313. The van der Waals surface area contributed by atoms with E-state index >= 15 is 0 Å². The van der Waals surface area contributed by atoms with Gasteiger partial charge in [0.05, 0.1) is 18.1 Å². The van der Waals surface area contributed by atoms with Crippen molar-refractivity contribution in [2.24, 2.45) is 0 Å². The number of aliphatic hydroxyl groups excluding tert-OH is 1. The molecule has 1 rings (SSSR count). The average molecular weight is 277 g/mol. The van der Waals surface area contributed by atoms with Gasteiger partial charge >= 0.3 is 5.69 Å². The zero-order valence-electron chi connectivity index (χ0n) is 9.50. The first kappa shape index (κ1) is 14.6. The molecule has 1 aromatic heterocycles. The molecule has 1 aromatic rings.